The summed E-state index contributed by atoms with van der Waals surface area (Å²) in [6.07, 6.45) is 3.56. The molecule has 2 aromatic heterocycles. The highest BCUT2D eigenvalue weighted by molar-refractivity contribution is 7.98. The van der Waals surface area contributed by atoms with Crippen LogP contribution < -0.4 is 0 Å². The molecule has 2 aromatic rings. The van der Waals surface area contributed by atoms with E-state index in [1.54, 1.807) is 6.20 Å². The van der Waals surface area contributed by atoms with Crippen LogP contribution in [0.25, 0.3) is 11.2 Å². The molecule has 0 aliphatic rings. The predicted molar refractivity (Wildman–Crippen MR) is 48.5 cm³/mol. The van der Waals surface area contributed by atoms with E-state index in [2.05, 4.69) is 19.9 Å². The molecular formula is C6H5ClN4S. The van der Waals surface area contributed by atoms with Crippen molar-refractivity contribution in [1.29, 1.82) is 0 Å². The number of hydrogen-bond acceptors (Lipinski definition) is 4. The first kappa shape index (κ1) is 7.82. The number of hydrogen-bond donors (Lipinski definition) is 1. The Hall–Kier alpha value is -0.810. The Morgan fingerprint density at radius 3 is 3.08 bits per heavy atom. The van der Waals surface area contributed by atoms with Gasteiger partial charge in [-0.25, -0.2) is 9.97 Å². The number of H-pyrrole nitrogens is 1. The molecule has 12 heavy (non-hydrogen) atoms. The molecule has 0 aliphatic carbocycles. The number of nitrogens with zero attached hydrogens (tertiary/aromatic N) is 3. The number of imidazole rings is 1. The highest BCUT2D eigenvalue weighted by atomic mass is 35.5. The lowest BCUT2D eigenvalue weighted by Crippen LogP contribution is -1.81. The Morgan fingerprint density at radius 1 is 1.50 bits per heavy atom. The first-order valence-electron chi connectivity index (χ1n) is 3.22. The van der Waals surface area contributed by atoms with E-state index in [1.165, 1.54) is 11.8 Å². The maximum absolute atomic E-state index is 5.59. The van der Waals surface area contributed by atoms with Gasteiger partial charge in [-0.3, -0.25) is 0 Å². The van der Waals surface area contributed by atoms with E-state index in [1.807, 2.05) is 6.26 Å². The minimum absolute atomic E-state index is 0.224. The van der Waals surface area contributed by atoms with Gasteiger partial charge in [0.15, 0.2) is 10.8 Å². The molecule has 0 spiro atoms. The van der Waals surface area contributed by atoms with Crippen LogP contribution in [0.4, 0.5) is 0 Å². The zero-order valence-corrected chi connectivity index (χ0v) is 7.78. The van der Waals surface area contributed by atoms with Gasteiger partial charge in [0, 0.05) is 0 Å². The molecule has 2 heterocycles. The quantitative estimate of drug-likeness (QED) is 0.563. The van der Waals surface area contributed by atoms with Crippen molar-refractivity contribution in [3.05, 3.63) is 11.5 Å². The van der Waals surface area contributed by atoms with Crippen molar-refractivity contribution in [3.63, 3.8) is 0 Å². The molecule has 0 unspecified atom stereocenters. The van der Waals surface area contributed by atoms with Crippen LogP contribution in [0.5, 0.6) is 0 Å². The second-order valence-electron chi connectivity index (χ2n) is 2.12. The van der Waals surface area contributed by atoms with Gasteiger partial charge >= 0.3 is 0 Å². The van der Waals surface area contributed by atoms with Gasteiger partial charge in [0.05, 0.1) is 6.20 Å². The number of aromatic amines is 1. The molecule has 0 amide bonds. The zero-order chi connectivity index (χ0) is 8.55. The van der Waals surface area contributed by atoms with E-state index >= 15 is 0 Å². The van der Waals surface area contributed by atoms with Crippen molar-refractivity contribution in [3.8, 4) is 0 Å². The van der Waals surface area contributed by atoms with Crippen molar-refractivity contribution in [1.82, 2.24) is 19.9 Å². The molecule has 0 radical (unpaired) electrons. The summed E-state index contributed by atoms with van der Waals surface area (Å²) in [5, 5.41) is 1.04. The molecule has 6 heteroatoms. The van der Waals surface area contributed by atoms with Crippen LogP contribution in [0.2, 0.25) is 5.28 Å². The average Bonchev–Trinajstić information content (AvgIpc) is 2.46. The fraction of sp³-hybridized carbons (Fsp3) is 0.167. The van der Waals surface area contributed by atoms with Gasteiger partial charge in [0.2, 0.25) is 5.28 Å². The topological polar surface area (TPSA) is 54.5 Å². The Morgan fingerprint density at radius 2 is 2.33 bits per heavy atom. The van der Waals surface area contributed by atoms with E-state index in [0.717, 1.165) is 10.7 Å². The van der Waals surface area contributed by atoms with Crippen LogP contribution in [-0.4, -0.2) is 26.2 Å². The van der Waals surface area contributed by atoms with Gasteiger partial charge in [-0.15, -0.1) is 0 Å². The SMILES string of the molecule is CSc1nc2nc(Cl)ncc2[nH]1. The minimum atomic E-state index is 0.224. The fourth-order valence-electron chi connectivity index (χ4n) is 0.861. The second kappa shape index (κ2) is 2.91. The van der Waals surface area contributed by atoms with E-state index < -0.39 is 0 Å². The first-order chi connectivity index (χ1) is 5.79. The standard InChI is InChI=1S/C6H5ClN4S/c1-12-6-9-3-2-8-5(7)10-4(3)11-6/h2H,1H3,(H,8,9,10,11). The van der Waals surface area contributed by atoms with E-state index in [-0.39, 0.29) is 5.28 Å². The molecule has 0 saturated carbocycles. The summed E-state index contributed by atoms with van der Waals surface area (Å²) in [7, 11) is 0. The Labute approximate surface area is 77.8 Å². The Balaban J connectivity index is 2.67. The summed E-state index contributed by atoms with van der Waals surface area (Å²) >= 11 is 7.11. The Bertz CT molecular complexity index is 413. The largest absolute Gasteiger partial charge is 0.330 e. The third-order valence-corrected chi connectivity index (χ3v) is 2.14. The second-order valence-corrected chi connectivity index (χ2v) is 3.26. The lowest BCUT2D eigenvalue weighted by Gasteiger charge is -1.85. The number of thioether (sulfide) groups is 1. The Kier molecular flexibility index (Phi) is 1.90. The van der Waals surface area contributed by atoms with Crippen LogP contribution in [0, 0.1) is 0 Å². The van der Waals surface area contributed by atoms with Crippen LogP contribution in [0.3, 0.4) is 0 Å². The van der Waals surface area contributed by atoms with Crippen LogP contribution in [-0.2, 0) is 0 Å². The molecule has 62 valence electrons. The third kappa shape index (κ3) is 1.25. The van der Waals surface area contributed by atoms with Crippen molar-refractivity contribution in [2.45, 2.75) is 5.16 Å². The summed E-state index contributed by atoms with van der Waals surface area (Å²) in [6, 6.07) is 0. The van der Waals surface area contributed by atoms with Crippen LogP contribution >= 0.6 is 23.4 Å². The molecule has 0 atom stereocenters. The maximum Gasteiger partial charge on any atom is 0.224 e. The zero-order valence-electron chi connectivity index (χ0n) is 6.21. The van der Waals surface area contributed by atoms with Gasteiger partial charge in [-0.05, 0) is 17.9 Å². The summed E-state index contributed by atoms with van der Waals surface area (Å²) in [6.45, 7) is 0. The monoisotopic (exact) mass is 200 g/mol. The highest BCUT2D eigenvalue weighted by Gasteiger charge is 2.03. The number of halogens is 1. The van der Waals surface area contributed by atoms with Gasteiger partial charge in [0.1, 0.15) is 5.52 Å². The summed E-state index contributed by atoms with van der Waals surface area (Å²) in [5.74, 6) is 0. The molecule has 0 fully saturated rings. The predicted octanol–water partition coefficient (Wildman–Crippen LogP) is 1.73. The lowest BCUT2D eigenvalue weighted by atomic mass is 10.6. The molecule has 0 aromatic carbocycles. The number of rotatable bonds is 1. The van der Waals surface area contributed by atoms with Gasteiger partial charge < -0.3 is 4.98 Å². The van der Waals surface area contributed by atoms with Gasteiger partial charge in [-0.2, -0.15) is 4.98 Å². The fourth-order valence-corrected chi connectivity index (χ4v) is 1.38. The summed E-state index contributed by atoms with van der Waals surface area (Å²) in [5.41, 5.74) is 1.42. The maximum atomic E-state index is 5.59. The minimum Gasteiger partial charge on any atom is -0.330 e. The smallest absolute Gasteiger partial charge is 0.224 e. The average molecular weight is 201 g/mol. The van der Waals surface area contributed by atoms with Crippen molar-refractivity contribution < 1.29 is 0 Å². The van der Waals surface area contributed by atoms with Crippen molar-refractivity contribution in [2.75, 3.05) is 6.26 Å². The molecule has 0 saturated heterocycles. The lowest BCUT2D eigenvalue weighted by molar-refractivity contribution is 1.08. The molecule has 4 nitrogen and oxygen atoms in total. The summed E-state index contributed by atoms with van der Waals surface area (Å²) in [4.78, 5) is 15.0. The third-order valence-electron chi connectivity index (χ3n) is 1.38. The number of fused-ring (bicyclic) bond motifs is 1. The normalized spacial score (nSPS) is 10.8. The van der Waals surface area contributed by atoms with E-state index in [0.29, 0.717) is 5.65 Å². The first-order valence-corrected chi connectivity index (χ1v) is 4.82. The highest BCUT2D eigenvalue weighted by Crippen LogP contribution is 2.15. The van der Waals surface area contributed by atoms with Crippen molar-refractivity contribution >= 4 is 34.5 Å². The summed E-state index contributed by atoms with van der Waals surface area (Å²) < 4.78 is 0. The number of aromatic nitrogens is 4. The van der Waals surface area contributed by atoms with E-state index in [9.17, 15) is 0 Å². The van der Waals surface area contributed by atoms with Crippen LogP contribution in [0.15, 0.2) is 11.4 Å². The van der Waals surface area contributed by atoms with Crippen LogP contribution in [0.1, 0.15) is 0 Å². The molecule has 0 aliphatic heterocycles. The van der Waals surface area contributed by atoms with Crippen molar-refractivity contribution in [2.24, 2.45) is 0 Å². The molecular weight excluding hydrogens is 196 g/mol. The van der Waals surface area contributed by atoms with Gasteiger partial charge in [0.25, 0.3) is 0 Å². The molecule has 2 rings (SSSR count). The number of nitrogens with one attached hydrogen (secondary N) is 1. The van der Waals surface area contributed by atoms with E-state index in [4.69, 9.17) is 11.6 Å². The van der Waals surface area contributed by atoms with Gasteiger partial charge in [-0.1, -0.05) is 11.8 Å². The molecule has 1 N–H and O–H groups in total. The molecule has 0 bridgehead atoms.